The van der Waals surface area contributed by atoms with Crippen LogP contribution in [0.4, 0.5) is 4.79 Å². The van der Waals surface area contributed by atoms with E-state index in [0.29, 0.717) is 18.7 Å². The second kappa shape index (κ2) is 6.16. The fourth-order valence-electron chi connectivity index (χ4n) is 3.91. The molecule has 0 bridgehead atoms. The summed E-state index contributed by atoms with van der Waals surface area (Å²) in [6, 6.07) is 0.273. The normalized spacial score (nSPS) is 32.0. The van der Waals surface area contributed by atoms with Gasteiger partial charge in [-0.05, 0) is 33.1 Å². The van der Waals surface area contributed by atoms with Gasteiger partial charge < -0.3 is 10.1 Å². The number of carbonyl (C=O) groups excluding carboxylic acids is 2. The molecule has 1 N–H and O–H groups in total. The van der Waals surface area contributed by atoms with Crippen LogP contribution in [0.5, 0.6) is 0 Å². The standard InChI is InChI=1S/C16H27N3O3/c1-16(2)14(20)19(15(21)17-16)9-5-8-18-10-11-22-13-7-4-3-6-12(13)18/h12-13H,3-11H2,1-2H3,(H,17,21)/t12-,13-/m0/s1. The Morgan fingerprint density at radius 1 is 1.23 bits per heavy atom. The zero-order chi connectivity index (χ0) is 15.7. The van der Waals surface area contributed by atoms with Crippen LogP contribution in [-0.2, 0) is 9.53 Å². The summed E-state index contributed by atoms with van der Waals surface area (Å²) in [5, 5.41) is 2.73. The number of ether oxygens (including phenoxy) is 1. The van der Waals surface area contributed by atoms with Gasteiger partial charge in [0.15, 0.2) is 0 Å². The lowest BCUT2D eigenvalue weighted by Crippen LogP contribution is -2.53. The third-order valence-corrected chi connectivity index (χ3v) is 5.12. The van der Waals surface area contributed by atoms with Crippen molar-refractivity contribution in [2.45, 2.75) is 63.6 Å². The molecule has 6 nitrogen and oxygen atoms in total. The van der Waals surface area contributed by atoms with E-state index in [1.807, 2.05) is 0 Å². The van der Waals surface area contributed by atoms with Crippen molar-refractivity contribution < 1.29 is 14.3 Å². The minimum Gasteiger partial charge on any atom is -0.375 e. The minimum atomic E-state index is -0.759. The van der Waals surface area contributed by atoms with Gasteiger partial charge in [-0.1, -0.05) is 12.8 Å². The second-order valence-electron chi connectivity index (χ2n) is 7.16. The van der Waals surface area contributed by atoms with Crippen LogP contribution in [0, 0.1) is 0 Å². The van der Waals surface area contributed by atoms with Gasteiger partial charge in [0.2, 0.25) is 0 Å². The number of amides is 3. The third-order valence-electron chi connectivity index (χ3n) is 5.12. The summed E-state index contributed by atoms with van der Waals surface area (Å²) in [6.45, 7) is 6.71. The summed E-state index contributed by atoms with van der Waals surface area (Å²) < 4.78 is 5.88. The predicted molar refractivity (Wildman–Crippen MR) is 82.5 cm³/mol. The molecule has 6 heteroatoms. The molecule has 2 aliphatic heterocycles. The molecule has 3 amide bonds. The van der Waals surface area contributed by atoms with Crippen molar-refractivity contribution in [3.05, 3.63) is 0 Å². The summed E-state index contributed by atoms with van der Waals surface area (Å²) in [6.07, 6.45) is 6.15. The van der Waals surface area contributed by atoms with Gasteiger partial charge in [0, 0.05) is 25.7 Å². The number of hydrogen-bond acceptors (Lipinski definition) is 4. The van der Waals surface area contributed by atoms with E-state index in [2.05, 4.69) is 10.2 Å². The Balaban J connectivity index is 1.50. The third kappa shape index (κ3) is 2.99. The van der Waals surface area contributed by atoms with E-state index in [9.17, 15) is 9.59 Å². The van der Waals surface area contributed by atoms with E-state index in [1.165, 1.54) is 30.6 Å². The van der Waals surface area contributed by atoms with Gasteiger partial charge in [0.25, 0.3) is 5.91 Å². The van der Waals surface area contributed by atoms with E-state index in [-0.39, 0.29) is 11.9 Å². The first-order chi connectivity index (χ1) is 10.5. The molecule has 2 heterocycles. The first-order valence-electron chi connectivity index (χ1n) is 8.49. The summed E-state index contributed by atoms with van der Waals surface area (Å²) in [5.41, 5.74) is -0.759. The van der Waals surface area contributed by atoms with Crippen molar-refractivity contribution in [3.8, 4) is 0 Å². The molecule has 3 fully saturated rings. The number of nitrogens with zero attached hydrogens (tertiary/aromatic N) is 2. The molecule has 0 aromatic heterocycles. The summed E-state index contributed by atoms with van der Waals surface area (Å²) in [4.78, 5) is 27.9. The van der Waals surface area contributed by atoms with Crippen molar-refractivity contribution in [1.82, 2.24) is 15.1 Å². The van der Waals surface area contributed by atoms with Crippen LogP contribution in [0.15, 0.2) is 0 Å². The highest BCUT2D eigenvalue weighted by atomic mass is 16.5. The van der Waals surface area contributed by atoms with Crippen LogP contribution < -0.4 is 5.32 Å². The average molecular weight is 309 g/mol. The lowest BCUT2D eigenvalue weighted by atomic mass is 9.90. The van der Waals surface area contributed by atoms with Gasteiger partial charge in [0.05, 0.1) is 12.7 Å². The molecule has 0 radical (unpaired) electrons. The molecule has 1 saturated carbocycles. The predicted octanol–water partition coefficient (Wildman–Crippen LogP) is 1.35. The maximum atomic E-state index is 12.2. The fraction of sp³-hybridized carbons (Fsp3) is 0.875. The Morgan fingerprint density at radius 3 is 2.73 bits per heavy atom. The lowest BCUT2D eigenvalue weighted by Gasteiger charge is -2.44. The molecule has 22 heavy (non-hydrogen) atoms. The van der Waals surface area contributed by atoms with Gasteiger partial charge in [-0.3, -0.25) is 14.6 Å². The molecule has 2 atom stereocenters. The van der Waals surface area contributed by atoms with Crippen LogP contribution >= 0.6 is 0 Å². The van der Waals surface area contributed by atoms with Gasteiger partial charge in [0.1, 0.15) is 5.54 Å². The van der Waals surface area contributed by atoms with Crippen molar-refractivity contribution in [2.24, 2.45) is 0 Å². The monoisotopic (exact) mass is 309 g/mol. The highest BCUT2D eigenvalue weighted by Crippen LogP contribution is 2.28. The molecule has 3 aliphatic rings. The molecule has 0 unspecified atom stereocenters. The maximum Gasteiger partial charge on any atom is 0.325 e. The van der Waals surface area contributed by atoms with Crippen LogP contribution in [0.3, 0.4) is 0 Å². The second-order valence-corrected chi connectivity index (χ2v) is 7.16. The molecule has 0 spiro atoms. The molecule has 124 valence electrons. The Hall–Kier alpha value is -1.14. The largest absolute Gasteiger partial charge is 0.375 e. The van der Waals surface area contributed by atoms with E-state index in [0.717, 1.165) is 26.1 Å². The first-order valence-corrected chi connectivity index (χ1v) is 8.49. The highest BCUT2D eigenvalue weighted by molar-refractivity contribution is 6.06. The number of rotatable bonds is 4. The minimum absolute atomic E-state index is 0.116. The van der Waals surface area contributed by atoms with E-state index >= 15 is 0 Å². The summed E-state index contributed by atoms with van der Waals surface area (Å²) >= 11 is 0. The number of morpholine rings is 1. The number of nitrogens with one attached hydrogen (secondary N) is 1. The van der Waals surface area contributed by atoms with Gasteiger partial charge in [-0.15, -0.1) is 0 Å². The number of urea groups is 1. The van der Waals surface area contributed by atoms with Crippen LogP contribution in [0.1, 0.15) is 46.0 Å². The molecule has 3 rings (SSSR count). The van der Waals surface area contributed by atoms with E-state index in [4.69, 9.17) is 4.74 Å². The Morgan fingerprint density at radius 2 is 2.00 bits per heavy atom. The van der Waals surface area contributed by atoms with Crippen molar-refractivity contribution in [2.75, 3.05) is 26.2 Å². The SMILES string of the molecule is CC1(C)NC(=O)N(CCCN2CCO[C@H]3CCCC[C@@H]32)C1=O. The van der Waals surface area contributed by atoms with Crippen molar-refractivity contribution in [3.63, 3.8) is 0 Å². The van der Waals surface area contributed by atoms with Gasteiger partial charge in [-0.2, -0.15) is 0 Å². The summed E-state index contributed by atoms with van der Waals surface area (Å²) in [5.74, 6) is -0.116. The van der Waals surface area contributed by atoms with E-state index in [1.54, 1.807) is 13.8 Å². The summed E-state index contributed by atoms with van der Waals surface area (Å²) in [7, 11) is 0. The Bertz CT molecular complexity index is 450. The van der Waals surface area contributed by atoms with Gasteiger partial charge in [-0.25, -0.2) is 4.79 Å². The molecule has 1 aliphatic carbocycles. The average Bonchev–Trinajstić information content (AvgIpc) is 2.69. The molecule has 0 aromatic carbocycles. The number of fused-ring (bicyclic) bond motifs is 1. The van der Waals surface area contributed by atoms with Crippen LogP contribution in [0.25, 0.3) is 0 Å². The quantitative estimate of drug-likeness (QED) is 0.796. The Labute approximate surface area is 132 Å². The smallest absolute Gasteiger partial charge is 0.325 e. The van der Waals surface area contributed by atoms with Crippen molar-refractivity contribution in [1.29, 1.82) is 0 Å². The van der Waals surface area contributed by atoms with Crippen LogP contribution in [0.2, 0.25) is 0 Å². The van der Waals surface area contributed by atoms with E-state index < -0.39 is 5.54 Å². The molecular formula is C16H27N3O3. The number of imide groups is 1. The number of carbonyl (C=O) groups is 2. The molecule has 0 aromatic rings. The fourth-order valence-corrected chi connectivity index (χ4v) is 3.91. The highest BCUT2D eigenvalue weighted by Gasteiger charge is 2.44. The van der Waals surface area contributed by atoms with Crippen LogP contribution in [-0.4, -0.2) is 65.7 Å². The Kier molecular flexibility index (Phi) is 4.41. The lowest BCUT2D eigenvalue weighted by molar-refractivity contribution is -0.130. The van der Waals surface area contributed by atoms with Gasteiger partial charge >= 0.3 is 6.03 Å². The topological polar surface area (TPSA) is 61.9 Å². The zero-order valence-corrected chi connectivity index (χ0v) is 13.6. The molecular weight excluding hydrogens is 282 g/mol. The van der Waals surface area contributed by atoms with Crippen molar-refractivity contribution >= 4 is 11.9 Å². The maximum absolute atomic E-state index is 12.2. The number of hydrogen-bond donors (Lipinski definition) is 1. The molecule has 2 saturated heterocycles. The first kappa shape index (κ1) is 15.7. The zero-order valence-electron chi connectivity index (χ0n) is 13.6.